The normalized spacial score (nSPS) is 9.83. The Labute approximate surface area is 107 Å². The van der Waals surface area contributed by atoms with E-state index in [4.69, 9.17) is 21.8 Å². The third kappa shape index (κ3) is 4.06. The SMILES string of the molecule is O=C(O)CCC(=O)Nc1ccc(Cl)cc1C(=O)O. The summed E-state index contributed by atoms with van der Waals surface area (Å²) in [6.07, 6.45) is -0.543. The standard InChI is InChI=1S/C11H10ClNO5/c12-6-1-2-8(7(5-6)11(17)18)13-9(14)3-4-10(15)16/h1-2,5H,3-4H2,(H,13,14)(H,15,16)(H,17,18). The minimum absolute atomic E-state index is 0.0855. The molecule has 0 aliphatic heterocycles. The Balaban J connectivity index is 2.81. The number of hydrogen-bond donors (Lipinski definition) is 3. The minimum Gasteiger partial charge on any atom is -0.481 e. The third-order valence-electron chi connectivity index (χ3n) is 2.05. The maximum absolute atomic E-state index is 11.4. The van der Waals surface area contributed by atoms with Crippen LogP contribution >= 0.6 is 11.6 Å². The van der Waals surface area contributed by atoms with Gasteiger partial charge in [0.05, 0.1) is 17.7 Å². The molecule has 0 spiro atoms. The van der Waals surface area contributed by atoms with Gasteiger partial charge in [0.1, 0.15) is 0 Å². The Bertz CT molecular complexity index is 500. The van der Waals surface area contributed by atoms with Crippen LogP contribution in [0, 0.1) is 0 Å². The topological polar surface area (TPSA) is 104 Å². The van der Waals surface area contributed by atoms with E-state index in [2.05, 4.69) is 5.32 Å². The number of benzene rings is 1. The van der Waals surface area contributed by atoms with Crippen LogP contribution in [0.2, 0.25) is 5.02 Å². The van der Waals surface area contributed by atoms with Crippen LogP contribution in [-0.4, -0.2) is 28.1 Å². The van der Waals surface area contributed by atoms with E-state index in [1.54, 1.807) is 0 Å². The molecule has 18 heavy (non-hydrogen) atoms. The Morgan fingerprint density at radius 1 is 1.17 bits per heavy atom. The summed E-state index contributed by atoms with van der Waals surface area (Å²) >= 11 is 5.65. The summed E-state index contributed by atoms with van der Waals surface area (Å²) < 4.78 is 0. The highest BCUT2D eigenvalue weighted by Gasteiger charge is 2.13. The number of carbonyl (C=O) groups excluding carboxylic acids is 1. The first-order chi connectivity index (χ1) is 8.40. The molecule has 6 nitrogen and oxygen atoms in total. The number of hydrogen-bond acceptors (Lipinski definition) is 3. The van der Waals surface area contributed by atoms with Crippen LogP contribution in [0.25, 0.3) is 0 Å². The van der Waals surface area contributed by atoms with Crippen molar-refractivity contribution in [2.45, 2.75) is 12.8 Å². The molecule has 1 aromatic carbocycles. The number of carboxylic acids is 2. The van der Waals surface area contributed by atoms with Crippen molar-refractivity contribution >= 4 is 35.1 Å². The number of aliphatic carboxylic acids is 1. The van der Waals surface area contributed by atoms with E-state index in [9.17, 15) is 14.4 Å². The molecule has 0 fully saturated rings. The lowest BCUT2D eigenvalue weighted by molar-refractivity contribution is -0.138. The molecule has 0 aliphatic rings. The molecule has 0 heterocycles. The Morgan fingerprint density at radius 2 is 1.83 bits per heavy atom. The van der Waals surface area contributed by atoms with Gasteiger partial charge in [-0.05, 0) is 18.2 Å². The Hall–Kier alpha value is -2.08. The van der Waals surface area contributed by atoms with Crippen LogP contribution in [0.5, 0.6) is 0 Å². The van der Waals surface area contributed by atoms with Crippen molar-refractivity contribution in [2.24, 2.45) is 0 Å². The highest BCUT2D eigenvalue weighted by atomic mass is 35.5. The van der Waals surface area contributed by atoms with Gasteiger partial charge in [0.15, 0.2) is 0 Å². The number of carboxylic acid groups (broad SMARTS) is 2. The smallest absolute Gasteiger partial charge is 0.337 e. The van der Waals surface area contributed by atoms with Crippen LogP contribution in [-0.2, 0) is 9.59 Å². The second kappa shape index (κ2) is 6.02. The molecule has 7 heteroatoms. The highest BCUT2D eigenvalue weighted by Crippen LogP contribution is 2.21. The summed E-state index contributed by atoms with van der Waals surface area (Å²) in [5.41, 5.74) is -0.0616. The minimum atomic E-state index is -1.23. The van der Waals surface area contributed by atoms with Gasteiger partial charge in [-0.3, -0.25) is 9.59 Å². The molecule has 96 valence electrons. The maximum atomic E-state index is 11.4. The molecular weight excluding hydrogens is 262 g/mol. The van der Waals surface area contributed by atoms with Crippen molar-refractivity contribution < 1.29 is 24.6 Å². The largest absolute Gasteiger partial charge is 0.481 e. The summed E-state index contributed by atoms with van der Waals surface area (Å²) in [4.78, 5) is 32.6. The average molecular weight is 272 g/mol. The molecular formula is C11H10ClNO5. The van der Waals surface area contributed by atoms with Gasteiger partial charge >= 0.3 is 11.9 Å². The zero-order valence-corrected chi connectivity index (χ0v) is 9.90. The molecule has 0 aliphatic carbocycles. The lowest BCUT2D eigenvalue weighted by Crippen LogP contribution is -2.15. The van der Waals surface area contributed by atoms with E-state index in [1.165, 1.54) is 18.2 Å². The third-order valence-corrected chi connectivity index (χ3v) is 2.29. The fourth-order valence-electron chi connectivity index (χ4n) is 1.24. The number of amides is 1. The van der Waals surface area contributed by atoms with Gasteiger partial charge in [-0.2, -0.15) is 0 Å². The van der Waals surface area contributed by atoms with Gasteiger partial charge in [0, 0.05) is 11.4 Å². The van der Waals surface area contributed by atoms with Crippen molar-refractivity contribution in [1.29, 1.82) is 0 Å². The molecule has 0 saturated carbocycles. The molecule has 3 N–H and O–H groups in total. The number of rotatable bonds is 5. The van der Waals surface area contributed by atoms with Gasteiger partial charge < -0.3 is 15.5 Å². The number of nitrogens with one attached hydrogen (secondary N) is 1. The summed E-state index contributed by atoms with van der Waals surface area (Å²) in [5.74, 6) is -2.90. The zero-order chi connectivity index (χ0) is 13.7. The lowest BCUT2D eigenvalue weighted by Gasteiger charge is -2.08. The summed E-state index contributed by atoms with van der Waals surface area (Å²) in [7, 11) is 0. The van der Waals surface area contributed by atoms with Crippen LogP contribution < -0.4 is 5.32 Å². The number of aromatic carboxylic acids is 1. The fourth-order valence-corrected chi connectivity index (χ4v) is 1.41. The molecule has 0 radical (unpaired) electrons. The molecule has 0 aromatic heterocycles. The second-order valence-electron chi connectivity index (χ2n) is 3.44. The van der Waals surface area contributed by atoms with E-state index in [0.717, 1.165) is 0 Å². The number of halogens is 1. The predicted molar refractivity (Wildman–Crippen MR) is 63.9 cm³/mol. The van der Waals surface area contributed by atoms with Crippen LogP contribution in [0.3, 0.4) is 0 Å². The lowest BCUT2D eigenvalue weighted by atomic mass is 10.1. The predicted octanol–water partition coefficient (Wildman–Crippen LogP) is 1.84. The van der Waals surface area contributed by atoms with Gasteiger partial charge in [-0.25, -0.2) is 4.79 Å². The fraction of sp³-hybridized carbons (Fsp3) is 0.182. The van der Waals surface area contributed by atoms with Crippen LogP contribution in [0.4, 0.5) is 5.69 Å². The monoisotopic (exact) mass is 271 g/mol. The summed E-state index contributed by atoms with van der Waals surface area (Å²) in [6.45, 7) is 0. The molecule has 1 amide bonds. The van der Waals surface area contributed by atoms with E-state index < -0.39 is 17.8 Å². The van der Waals surface area contributed by atoms with Crippen molar-refractivity contribution in [2.75, 3.05) is 5.32 Å². The number of anilines is 1. The van der Waals surface area contributed by atoms with E-state index in [0.29, 0.717) is 0 Å². The van der Waals surface area contributed by atoms with Gasteiger partial charge in [0.25, 0.3) is 0 Å². The van der Waals surface area contributed by atoms with Crippen molar-refractivity contribution in [3.63, 3.8) is 0 Å². The molecule has 1 aromatic rings. The Kier molecular flexibility index (Phi) is 4.67. The molecule has 0 bridgehead atoms. The number of carbonyl (C=O) groups is 3. The average Bonchev–Trinajstić information content (AvgIpc) is 2.28. The van der Waals surface area contributed by atoms with E-state index in [-0.39, 0.29) is 29.1 Å². The molecule has 0 saturated heterocycles. The molecule has 0 unspecified atom stereocenters. The van der Waals surface area contributed by atoms with E-state index in [1.807, 2.05) is 0 Å². The van der Waals surface area contributed by atoms with Gasteiger partial charge in [-0.1, -0.05) is 11.6 Å². The highest BCUT2D eigenvalue weighted by molar-refractivity contribution is 6.31. The quantitative estimate of drug-likeness (QED) is 0.758. The molecule has 1 rings (SSSR count). The van der Waals surface area contributed by atoms with Gasteiger partial charge in [-0.15, -0.1) is 0 Å². The van der Waals surface area contributed by atoms with Crippen LogP contribution in [0.1, 0.15) is 23.2 Å². The first-order valence-corrected chi connectivity index (χ1v) is 5.32. The van der Waals surface area contributed by atoms with Gasteiger partial charge in [0.2, 0.25) is 5.91 Å². The van der Waals surface area contributed by atoms with Crippen molar-refractivity contribution in [3.05, 3.63) is 28.8 Å². The first-order valence-electron chi connectivity index (χ1n) is 4.94. The first kappa shape index (κ1) is 14.0. The molecule has 0 atom stereocenters. The zero-order valence-electron chi connectivity index (χ0n) is 9.14. The maximum Gasteiger partial charge on any atom is 0.337 e. The van der Waals surface area contributed by atoms with Crippen molar-refractivity contribution in [1.82, 2.24) is 0 Å². The van der Waals surface area contributed by atoms with E-state index >= 15 is 0 Å². The summed E-state index contributed by atoms with van der Waals surface area (Å²) in [6, 6.07) is 3.99. The van der Waals surface area contributed by atoms with Crippen molar-refractivity contribution in [3.8, 4) is 0 Å². The van der Waals surface area contributed by atoms with Crippen LogP contribution in [0.15, 0.2) is 18.2 Å². The Morgan fingerprint density at radius 3 is 2.39 bits per heavy atom. The summed E-state index contributed by atoms with van der Waals surface area (Å²) in [5, 5.41) is 19.9. The second-order valence-corrected chi connectivity index (χ2v) is 3.87.